The molecule has 1 aliphatic heterocycles. The molecule has 0 spiro atoms. The average Bonchev–Trinajstić information content (AvgIpc) is 2.63. The molecule has 0 N–H and O–H groups in total. The van der Waals surface area contributed by atoms with E-state index in [2.05, 4.69) is 22.8 Å². The maximum Gasteiger partial charge on any atom is 0.0947 e. The highest BCUT2D eigenvalue weighted by Gasteiger charge is 2.25. The zero-order valence-electron chi connectivity index (χ0n) is 9.53. The molecule has 2 unspecified atom stereocenters. The number of hydrogen-bond donors (Lipinski definition) is 0. The molecular weight excluding hydrogens is 174 g/mol. The van der Waals surface area contributed by atoms with Gasteiger partial charge in [-0.1, -0.05) is 6.92 Å². The SMILES string of the molecule is CCN1CCCC1CN(C)C(C)C#N. The lowest BCUT2D eigenvalue weighted by molar-refractivity contribution is 0.187. The summed E-state index contributed by atoms with van der Waals surface area (Å²) in [5, 5.41) is 8.80. The van der Waals surface area contributed by atoms with Crippen molar-refractivity contribution < 1.29 is 0 Å². The molecule has 14 heavy (non-hydrogen) atoms. The molecule has 0 amide bonds. The third kappa shape index (κ3) is 2.70. The van der Waals surface area contributed by atoms with Gasteiger partial charge in [0.15, 0.2) is 0 Å². The third-order valence-corrected chi connectivity index (χ3v) is 3.25. The lowest BCUT2D eigenvalue weighted by atomic mass is 10.2. The van der Waals surface area contributed by atoms with E-state index in [0.29, 0.717) is 6.04 Å². The Balaban J connectivity index is 2.40. The molecule has 1 aliphatic rings. The van der Waals surface area contributed by atoms with Crippen molar-refractivity contribution in [3.63, 3.8) is 0 Å². The Labute approximate surface area is 87.3 Å². The quantitative estimate of drug-likeness (QED) is 0.677. The van der Waals surface area contributed by atoms with E-state index in [0.717, 1.165) is 13.1 Å². The minimum atomic E-state index is 0.0364. The number of likely N-dealkylation sites (N-methyl/N-ethyl adjacent to an activating group) is 2. The smallest absolute Gasteiger partial charge is 0.0947 e. The first-order valence-corrected chi connectivity index (χ1v) is 5.53. The molecule has 3 nitrogen and oxygen atoms in total. The summed E-state index contributed by atoms with van der Waals surface area (Å²) in [7, 11) is 2.04. The summed E-state index contributed by atoms with van der Waals surface area (Å²) < 4.78 is 0. The summed E-state index contributed by atoms with van der Waals surface area (Å²) in [6, 6.07) is 2.98. The fourth-order valence-corrected chi connectivity index (χ4v) is 2.11. The summed E-state index contributed by atoms with van der Waals surface area (Å²) in [6.07, 6.45) is 2.60. The molecular formula is C11H21N3. The van der Waals surface area contributed by atoms with Crippen LogP contribution >= 0.6 is 0 Å². The van der Waals surface area contributed by atoms with E-state index >= 15 is 0 Å². The summed E-state index contributed by atoms with van der Waals surface area (Å²) in [6.45, 7) is 7.58. The molecule has 3 heteroatoms. The zero-order chi connectivity index (χ0) is 10.6. The molecule has 0 saturated carbocycles. The van der Waals surface area contributed by atoms with Gasteiger partial charge >= 0.3 is 0 Å². The van der Waals surface area contributed by atoms with Crippen molar-refractivity contribution in [3.8, 4) is 6.07 Å². The predicted molar refractivity (Wildman–Crippen MR) is 58.0 cm³/mol. The van der Waals surface area contributed by atoms with Crippen LogP contribution in [0.25, 0.3) is 0 Å². The maximum absolute atomic E-state index is 8.80. The molecule has 1 rings (SSSR count). The fourth-order valence-electron chi connectivity index (χ4n) is 2.11. The Morgan fingerprint density at radius 3 is 2.93 bits per heavy atom. The molecule has 0 bridgehead atoms. The highest BCUT2D eigenvalue weighted by atomic mass is 15.2. The molecule has 2 atom stereocenters. The molecule has 0 aromatic rings. The van der Waals surface area contributed by atoms with Gasteiger partial charge in [0.1, 0.15) is 0 Å². The van der Waals surface area contributed by atoms with Crippen molar-refractivity contribution in [2.24, 2.45) is 0 Å². The van der Waals surface area contributed by atoms with Crippen molar-refractivity contribution in [1.29, 1.82) is 5.26 Å². The summed E-state index contributed by atoms with van der Waals surface area (Å²) in [5.41, 5.74) is 0. The minimum Gasteiger partial charge on any atom is -0.299 e. The Hall–Kier alpha value is -0.590. The molecule has 1 heterocycles. The number of hydrogen-bond acceptors (Lipinski definition) is 3. The van der Waals surface area contributed by atoms with Gasteiger partial charge in [0, 0.05) is 12.6 Å². The summed E-state index contributed by atoms with van der Waals surface area (Å²) in [5.74, 6) is 0. The molecule has 80 valence electrons. The van der Waals surface area contributed by atoms with Crippen molar-refractivity contribution in [3.05, 3.63) is 0 Å². The second-order valence-electron chi connectivity index (χ2n) is 4.17. The van der Waals surface area contributed by atoms with Gasteiger partial charge in [-0.2, -0.15) is 5.26 Å². The van der Waals surface area contributed by atoms with Gasteiger partial charge in [-0.25, -0.2) is 0 Å². The van der Waals surface area contributed by atoms with Gasteiger partial charge in [-0.05, 0) is 39.9 Å². The fraction of sp³-hybridized carbons (Fsp3) is 0.909. The Bertz CT molecular complexity index is 209. The van der Waals surface area contributed by atoms with E-state index in [1.165, 1.54) is 19.4 Å². The summed E-state index contributed by atoms with van der Waals surface area (Å²) >= 11 is 0. The first-order chi connectivity index (χ1) is 6.69. The Morgan fingerprint density at radius 2 is 2.36 bits per heavy atom. The average molecular weight is 195 g/mol. The van der Waals surface area contributed by atoms with Crippen LogP contribution in [0.15, 0.2) is 0 Å². The van der Waals surface area contributed by atoms with E-state index in [1.54, 1.807) is 0 Å². The lowest BCUT2D eigenvalue weighted by Crippen LogP contribution is -2.41. The van der Waals surface area contributed by atoms with Crippen molar-refractivity contribution in [1.82, 2.24) is 9.80 Å². The first kappa shape index (κ1) is 11.5. The van der Waals surface area contributed by atoms with Crippen LogP contribution in [0.2, 0.25) is 0 Å². The molecule has 0 aromatic carbocycles. The topological polar surface area (TPSA) is 30.3 Å². The minimum absolute atomic E-state index is 0.0364. The number of nitrogens with zero attached hydrogens (tertiary/aromatic N) is 3. The maximum atomic E-state index is 8.80. The standard InChI is InChI=1S/C11H21N3/c1-4-14-7-5-6-11(14)9-13(3)10(2)8-12/h10-11H,4-7,9H2,1-3H3. The van der Waals surface area contributed by atoms with E-state index in [9.17, 15) is 0 Å². The molecule has 0 radical (unpaired) electrons. The van der Waals surface area contributed by atoms with Crippen LogP contribution in [0.4, 0.5) is 0 Å². The van der Waals surface area contributed by atoms with Crippen LogP contribution in [0, 0.1) is 11.3 Å². The van der Waals surface area contributed by atoms with E-state index in [-0.39, 0.29) is 6.04 Å². The van der Waals surface area contributed by atoms with Crippen molar-refractivity contribution >= 4 is 0 Å². The van der Waals surface area contributed by atoms with Gasteiger partial charge in [-0.15, -0.1) is 0 Å². The molecule has 1 saturated heterocycles. The van der Waals surface area contributed by atoms with Gasteiger partial charge < -0.3 is 0 Å². The van der Waals surface area contributed by atoms with E-state index < -0.39 is 0 Å². The number of nitriles is 1. The van der Waals surface area contributed by atoms with Crippen LogP contribution in [0.3, 0.4) is 0 Å². The van der Waals surface area contributed by atoms with E-state index in [1.807, 2.05) is 14.0 Å². The second-order valence-corrected chi connectivity index (χ2v) is 4.17. The predicted octanol–water partition coefficient (Wildman–Crippen LogP) is 1.31. The van der Waals surface area contributed by atoms with Gasteiger partial charge in [0.2, 0.25) is 0 Å². The highest BCUT2D eigenvalue weighted by molar-refractivity contribution is 4.89. The highest BCUT2D eigenvalue weighted by Crippen LogP contribution is 2.17. The Kier molecular flexibility index (Phi) is 4.37. The van der Waals surface area contributed by atoms with Crippen LogP contribution < -0.4 is 0 Å². The van der Waals surface area contributed by atoms with Gasteiger partial charge in [0.25, 0.3) is 0 Å². The van der Waals surface area contributed by atoms with Crippen molar-refractivity contribution in [2.45, 2.75) is 38.8 Å². The van der Waals surface area contributed by atoms with Gasteiger partial charge in [-0.3, -0.25) is 9.80 Å². The zero-order valence-corrected chi connectivity index (χ0v) is 9.53. The van der Waals surface area contributed by atoms with Crippen LogP contribution in [0.5, 0.6) is 0 Å². The first-order valence-electron chi connectivity index (χ1n) is 5.53. The molecule has 0 aromatic heterocycles. The number of rotatable bonds is 4. The normalized spacial score (nSPS) is 25.2. The summed E-state index contributed by atoms with van der Waals surface area (Å²) in [4.78, 5) is 4.67. The number of likely N-dealkylation sites (tertiary alicyclic amines) is 1. The molecule has 0 aliphatic carbocycles. The largest absolute Gasteiger partial charge is 0.299 e. The van der Waals surface area contributed by atoms with Crippen LogP contribution in [0.1, 0.15) is 26.7 Å². The lowest BCUT2D eigenvalue weighted by Gasteiger charge is -2.28. The van der Waals surface area contributed by atoms with Gasteiger partial charge in [0.05, 0.1) is 12.1 Å². The van der Waals surface area contributed by atoms with Crippen molar-refractivity contribution in [2.75, 3.05) is 26.7 Å². The van der Waals surface area contributed by atoms with Crippen LogP contribution in [-0.2, 0) is 0 Å². The monoisotopic (exact) mass is 195 g/mol. The van der Waals surface area contributed by atoms with Crippen LogP contribution in [-0.4, -0.2) is 48.6 Å². The third-order valence-electron chi connectivity index (χ3n) is 3.25. The van der Waals surface area contributed by atoms with E-state index in [4.69, 9.17) is 5.26 Å². The molecule has 1 fully saturated rings. The Morgan fingerprint density at radius 1 is 1.64 bits per heavy atom. The second kappa shape index (κ2) is 5.33.